The van der Waals surface area contributed by atoms with Crippen LogP contribution in [0.1, 0.15) is 51.2 Å². The van der Waals surface area contributed by atoms with Crippen LogP contribution in [0.15, 0.2) is 33.4 Å². The number of allylic oxidation sites excluding steroid dienone is 1. The van der Waals surface area contributed by atoms with Crippen molar-refractivity contribution >= 4 is 23.6 Å². The largest absolute Gasteiger partial charge is 0.469 e. The Labute approximate surface area is 157 Å². The van der Waals surface area contributed by atoms with Crippen molar-refractivity contribution in [1.29, 1.82) is 5.26 Å². The lowest BCUT2D eigenvalue weighted by molar-refractivity contribution is -0.134. The second-order valence-electron chi connectivity index (χ2n) is 6.89. The number of nitrogens with one attached hydrogen (secondary N) is 1. The maximum absolute atomic E-state index is 12.7. The molecule has 3 rings (SSSR count). The van der Waals surface area contributed by atoms with E-state index in [0.29, 0.717) is 16.4 Å². The number of likely N-dealkylation sites (tertiary alicyclic amines) is 1. The first-order valence-corrected chi connectivity index (χ1v) is 9.91. The lowest BCUT2D eigenvalue weighted by atomic mass is 9.92. The highest BCUT2D eigenvalue weighted by atomic mass is 32.2. The molecule has 2 aliphatic heterocycles. The molecule has 2 amide bonds. The molecule has 0 spiro atoms. The Morgan fingerprint density at radius 2 is 2.15 bits per heavy atom. The zero-order chi connectivity index (χ0) is 18.7. The minimum atomic E-state index is -0.394. The monoisotopic (exact) mass is 373 g/mol. The van der Waals surface area contributed by atoms with Crippen LogP contribution in [0, 0.1) is 11.3 Å². The third-order valence-corrected chi connectivity index (χ3v) is 6.07. The number of nitriles is 1. The first kappa shape index (κ1) is 18.6. The minimum Gasteiger partial charge on any atom is -0.469 e. The summed E-state index contributed by atoms with van der Waals surface area (Å²) >= 11 is 1.23. The van der Waals surface area contributed by atoms with Crippen molar-refractivity contribution in [2.24, 2.45) is 0 Å². The Morgan fingerprint density at radius 3 is 2.77 bits per heavy atom. The fourth-order valence-corrected chi connectivity index (χ4v) is 4.73. The number of carbonyl (C=O) groups excluding carboxylic acids is 2. The average molecular weight is 373 g/mol. The van der Waals surface area contributed by atoms with Crippen LogP contribution in [0.3, 0.4) is 0 Å². The Hall–Kier alpha value is -2.20. The summed E-state index contributed by atoms with van der Waals surface area (Å²) in [5.41, 5.74) is 0.456. The number of hydrogen-bond donors (Lipinski definition) is 1. The third-order valence-electron chi connectivity index (χ3n) is 5.06. The van der Waals surface area contributed by atoms with Crippen molar-refractivity contribution in [3.05, 3.63) is 34.8 Å². The Kier molecular flexibility index (Phi) is 5.72. The molecule has 0 unspecified atom stereocenters. The molecule has 1 fully saturated rings. The summed E-state index contributed by atoms with van der Waals surface area (Å²) in [6.45, 7) is 4.15. The van der Waals surface area contributed by atoms with E-state index in [0.717, 1.165) is 19.3 Å². The lowest BCUT2D eigenvalue weighted by Gasteiger charge is -2.39. The minimum absolute atomic E-state index is 0.0499. The van der Waals surface area contributed by atoms with Crippen LogP contribution in [0.4, 0.5) is 0 Å². The van der Waals surface area contributed by atoms with Gasteiger partial charge in [-0.3, -0.25) is 9.59 Å². The van der Waals surface area contributed by atoms with Crippen molar-refractivity contribution in [3.63, 3.8) is 0 Å². The van der Waals surface area contributed by atoms with E-state index in [1.54, 1.807) is 12.1 Å². The number of thioether (sulfide) groups is 1. The summed E-state index contributed by atoms with van der Waals surface area (Å²) in [7, 11) is 0. The van der Waals surface area contributed by atoms with Gasteiger partial charge < -0.3 is 14.6 Å². The molecule has 0 aromatic carbocycles. The number of carbonyl (C=O) groups is 2. The number of hydrogen-bond acceptors (Lipinski definition) is 5. The molecule has 0 aliphatic carbocycles. The predicted molar refractivity (Wildman–Crippen MR) is 98.9 cm³/mol. The average Bonchev–Trinajstić information content (AvgIpc) is 3.13. The van der Waals surface area contributed by atoms with E-state index >= 15 is 0 Å². The van der Waals surface area contributed by atoms with E-state index < -0.39 is 5.92 Å². The SMILES string of the molecule is C[C@@H]1CCC[C@@H](C)N1C(=O)CSC1=C(C#N)[C@H](c2ccco2)CC(=O)N1. The van der Waals surface area contributed by atoms with Gasteiger partial charge in [-0.25, -0.2) is 0 Å². The molecule has 1 saturated heterocycles. The predicted octanol–water partition coefficient (Wildman–Crippen LogP) is 3.14. The van der Waals surface area contributed by atoms with Crippen molar-refractivity contribution in [3.8, 4) is 6.07 Å². The second-order valence-corrected chi connectivity index (χ2v) is 7.88. The van der Waals surface area contributed by atoms with Gasteiger partial charge in [0.2, 0.25) is 11.8 Å². The first-order chi connectivity index (χ1) is 12.5. The highest BCUT2D eigenvalue weighted by molar-refractivity contribution is 8.03. The smallest absolute Gasteiger partial charge is 0.233 e. The third kappa shape index (κ3) is 3.80. The van der Waals surface area contributed by atoms with Crippen LogP contribution in [0.2, 0.25) is 0 Å². The molecule has 3 heterocycles. The van der Waals surface area contributed by atoms with Gasteiger partial charge in [0.1, 0.15) is 5.76 Å². The van der Waals surface area contributed by atoms with Gasteiger partial charge in [0, 0.05) is 18.5 Å². The van der Waals surface area contributed by atoms with E-state index in [2.05, 4.69) is 25.2 Å². The summed E-state index contributed by atoms with van der Waals surface area (Å²) < 4.78 is 5.40. The Morgan fingerprint density at radius 1 is 1.42 bits per heavy atom. The van der Waals surface area contributed by atoms with Gasteiger partial charge in [0.15, 0.2) is 0 Å². The Bertz CT molecular complexity index is 741. The van der Waals surface area contributed by atoms with Crippen LogP contribution in [0.5, 0.6) is 0 Å². The molecule has 3 atom stereocenters. The molecular formula is C19H23N3O3S. The molecule has 0 saturated carbocycles. The Balaban J connectivity index is 1.75. The highest BCUT2D eigenvalue weighted by Crippen LogP contribution is 2.36. The zero-order valence-corrected chi connectivity index (χ0v) is 15.8. The summed E-state index contributed by atoms with van der Waals surface area (Å²) in [5.74, 6) is 0.294. The van der Waals surface area contributed by atoms with E-state index in [1.807, 2.05) is 4.90 Å². The number of nitrogens with zero attached hydrogens (tertiary/aromatic N) is 2. The first-order valence-electron chi connectivity index (χ1n) is 8.92. The van der Waals surface area contributed by atoms with Crippen LogP contribution >= 0.6 is 11.8 Å². The number of furan rings is 1. The maximum atomic E-state index is 12.7. The second kappa shape index (κ2) is 8.00. The van der Waals surface area contributed by atoms with Crippen molar-refractivity contribution in [2.75, 3.05) is 5.75 Å². The summed E-state index contributed by atoms with van der Waals surface area (Å²) in [6, 6.07) is 6.16. The summed E-state index contributed by atoms with van der Waals surface area (Å²) in [6.07, 6.45) is 4.89. The van der Waals surface area contributed by atoms with Crippen LogP contribution in [0.25, 0.3) is 0 Å². The van der Waals surface area contributed by atoms with E-state index in [-0.39, 0.29) is 36.1 Å². The molecule has 7 heteroatoms. The maximum Gasteiger partial charge on any atom is 0.233 e. The zero-order valence-electron chi connectivity index (χ0n) is 15.0. The van der Waals surface area contributed by atoms with Gasteiger partial charge >= 0.3 is 0 Å². The van der Waals surface area contributed by atoms with Crippen molar-refractivity contribution < 1.29 is 14.0 Å². The fourth-order valence-electron chi connectivity index (χ4n) is 3.79. The van der Waals surface area contributed by atoms with Crippen molar-refractivity contribution in [1.82, 2.24) is 10.2 Å². The molecule has 138 valence electrons. The molecule has 0 radical (unpaired) electrons. The lowest BCUT2D eigenvalue weighted by Crippen LogP contribution is -2.48. The molecule has 1 N–H and O–H groups in total. The topological polar surface area (TPSA) is 86.3 Å². The van der Waals surface area contributed by atoms with E-state index in [1.165, 1.54) is 18.0 Å². The van der Waals surface area contributed by atoms with Crippen LogP contribution < -0.4 is 5.32 Å². The van der Waals surface area contributed by atoms with Crippen LogP contribution in [-0.4, -0.2) is 34.6 Å². The normalized spacial score (nSPS) is 26.4. The quantitative estimate of drug-likeness (QED) is 0.876. The number of amides is 2. The molecule has 2 aliphatic rings. The van der Waals surface area contributed by atoms with E-state index in [4.69, 9.17) is 4.42 Å². The highest BCUT2D eigenvalue weighted by Gasteiger charge is 2.33. The molecule has 1 aromatic heterocycles. The van der Waals surface area contributed by atoms with Gasteiger partial charge in [0.05, 0.1) is 34.6 Å². The van der Waals surface area contributed by atoms with Gasteiger partial charge in [-0.2, -0.15) is 5.26 Å². The molecule has 26 heavy (non-hydrogen) atoms. The van der Waals surface area contributed by atoms with E-state index in [9.17, 15) is 14.9 Å². The molecular weight excluding hydrogens is 350 g/mol. The summed E-state index contributed by atoms with van der Waals surface area (Å²) in [4.78, 5) is 26.7. The molecule has 1 aromatic rings. The standard InChI is InChI=1S/C19H23N3O3S/c1-12-5-3-6-13(2)22(12)18(24)11-26-19-15(10-20)14(9-17(23)21-19)16-7-4-8-25-16/h4,7-8,12-14H,3,5-6,9,11H2,1-2H3,(H,21,23)/t12-,13-,14-/m1/s1. The molecule has 0 bridgehead atoms. The van der Waals surface area contributed by atoms with Crippen molar-refractivity contribution in [2.45, 2.75) is 57.5 Å². The molecule has 6 nitrogen and oxygen atoms in total. The number of rotatable bonds is 4. The van der Waals surface area contributed by atoms with Gasteiger partial charge in [-0.1, -0.05) is 11.8 Å². The van der Waals surface area contributed by atoms with Gasteiger partial charge in [-0.15, -0.1) is 0 Å². The van der Waals surface area contributed by atoms with Gasteiger partial charge in [-0.05, 0) is 45.2 Å². The van der Waals surface area contributed by atoms with Gasteiger partial charge in [0.25, 0.3) is 0 Å². The summed E-state index contributed by atoms with van der Waals surface area (Å²) in [5, 5.41) is 12.8. The van der Waals surface area contributed by atoms with Crippen LogP contribution in [-0.2, 0) is 9.59 Å². The number of piperidine rings is 1. The fraction of sp³-hybridized carbons (Fsp3) is 0.526.